The maximum atomic E-state index is 5.19. The van der Waals surface area contributed by atoms with Gasteiger partial charge in [0.05, 0.1) is 7.11 Å². The van der Waals surface area contributed by atoms with Crippen LogP contribution in [0, 0.1) is 0 Å². The van der Waals surface area contributed by atoms with Crippen LogP contribution in [0.5, 0.6) is 5.75 Å². The fourth-order valence-electron chi connectivity index (χ4n) is 2.06. The third-order valence-electron chi connectivity index (χ3n) is 3.21. The number of aromatic nitrogens is 1. The summed E-state index contributed by atoms with van der Waals surface area (Å²) in [7, 11) is 3.70. The van der Waals surface area contributed by atoms with Gasteiger partial charge in [0.2, 0.25) is 0 Å². The van der Waals surface area contributed by atoms with Gasteiger partial charge in [-0.1, -0.05) is 13.0 Å². The molecule has 0 aliphatic rings. The summed E-state index contributed by atoms with van der Waals surface area (Å²) in [5, 5.41) is 3.34. The molecule has 0 saturated carbocycles. The maximum absolute atomic E-state index is 5.19. The number of benzene rings is 1. The minimum Gasteiger partial charge on any atom is -0.497 e. The Labute approximate surface area is 120 Å². The van der Waals surface area contributed by atoms with E-state index in [1.54, 1.807) is 7.11 Å². The Morgan fingerprint density at radius 3 is 2.60 bits per heavy atom. The average molecular weight is 271 g/mol. The van der Waals surface area contributed by atoms with Crippen LogP contribution in [0.2, 0.25) is 0 Å². The number of ether oxygens (including phenoxy) is 1. The van der Waals surface area contributed by atoms with Crippen molar-refractivity contribution < 1.29 is 4.74 Å². The molecule has 0 atom stereocenters. The molecule has 1 N–H and O–H groups in total. The summed E-state index contributed by atoms with van der Waals surface area (Å²) in [5.41, 5.74) is 2.27. The van der Waals surface area contributed by atoms with Gasteiger partial charge in [-0.15, -0.1) is 0 Å². The Kier molecular flexibility index (Phi) is 4.96. The number of nitrogens with one attached hydrogen (secondary N) is 1. The molecule has 4 heteroatoms. The first-order valence-electron chi connectivity index (χ1n) is 6.78. The van der Waals surface area contributed by atoms with Crippen LogP contribution in [-0.2, 0) is 6.54 Å². The number of rotatable bonds is 6. The van der Waals surface area contributed by atoms with Crippen LogP contribution >= 0.6 is 0 Å². The molecule has 2 aromatic rings. The van der Waals surface area contributed by atoms with Crippen molar-refractivity contribution in [2.24, 2.45) is 0 Å². The molecule has 0 aliphatic carbocycles. The summed E-state index contributed by atoms with van der Waals surface area (Å²) in [6.07, 6.45) is 1.82. The molecule has 20 heavy (non-hydrogen) atoms. The van der Waals surface area contributed by atoms with Crippen LogP contribution in [0.25, 0.3) is 0 Å². The normalized spacial score (nSPS) is 10.3. The Balaban J connectivity index is 2.24. The van der Waals surface area contributed by atoms with Crippen LogP contribution in [-0.4, -0.2) is 25.7 Å². The van der Waals surface area contributed by atoms with Crippen molar-refractivity contribution in [2.75, 3.05) is 25.6 Å². The van der Waals surface area contributed by atoms with E-state index in [9.17, 15) is 0 Å². The molecule has 0 aliphatic heterocycles. The van der Waals surface area contributed by atoms with Gasteiger partial charge in [0, 0.05) is 31.0 Å². The third kappa shape index (κ3) is 3.27. The molecule has 0 amide bonds. The van der Waals surface area contributed by atoms with Crippen molar-refractivity contribution in [3.63, 3.8) is 0 Å². The average Bonchev–Trinajstić information content (AvgIpc) is 2.52. The highest BCUT2D eigenvalue weighted by Crippen LogP contribution is 2.26. The number of anilines is 2. The number of hydrogen-bond donors (Lipinski definition) is 1. The predicted octanol–water partition coefficient (Wildman–Crippen LogP) is 2.97. The number of hydrogen-bond acceptors (Lipinski definition) is 4. The van der Waals surface area contributed by atoms with E-state index in [1.165, 1.54) is 5.56 Å². The monoisotopic (exact) mass is 271 g/mol. The van der Waals surface area contributed by atoms with E-state index < -0.39 is 0 Å². The largest absolute Gasteiger partial charge is 0.497 e. The number of methoxy groups -OCH3 is 1. The van der Waals surface area contributed by atoms with E-state index in [1.807, 2.05) is 43.6 Å². The van der Waals surface area contributed by atoms with Crippen molar-refractivity contribution in [1.82, 2.24) is 10.3 Å². The van der Waals surface area contributed by atoms with Crippen molar-refractivity contribution in [3.8, 4) is 5.75 Å². The van der Waals surface area contributed by atoms with Crippen LogP contribution in [0.1, 0.15) is 12.5 Å². The van der Waals surface area contributed by atoms with Gasteiger partial charge < -0.3 is 15.0 Å². The minimum atomic E-state index is 0.820. The lowest BCUT2D eigenvalue weighted by atomic mass is 10.2. The van der Waals surface area contributed by atoms with Gasteiger partial charge in [-0.05, 0) is 36.9 Å². The molecule has 0 saturated heterocycles. The summed E-state index contributed by atoms with van der Waals surface area (Å²) in [5.74, 6) is 1.83. The molecular formula is C16H21N3O. The Morgan fingerprint density at radius 1 is 1.20 bits per heavy atom. The molecule has 106 valence electrons. The van der Waals surface area contributed by atoms with E-state index in [2.05, 4.69) is 28.2 Å². The number of nitrogens with zero attached hydrogens (tertiary/aromatic N) is 2. The Hall–Kier alpha value is -2.07. The predicted molar refractivity (Wildman–Crippen MR) is 82.7 cm³/mol. The standard InChI is InChI=1S/C16H21N3O/c1-4-17-12-13-6-5-11-18-16(13)19(2)14-7-9-15(20-3)10-8-14/h5-11,17H,4,12H2,1-3H3. The lowest BCUT2D eigenvalue weighted by Gasteiger charge is -2.21. The third-order valence-corrected chi connectivity index (χ3v) is 3.21. The van der Waals surface area contributed by atoms with Crippen molar-refractivity contribution in [2.45, 2.75) is 13.5 Å². The summed E-state index contributed by atoms with van der Waals surface area (Å²) in [6, 6.07) is 12.1. The van der Waals surface area contributed by atoms with Crippen molar-refractivity contribution in [3.05, 3.63) is 48.2 Å². The highest BCUT2D eigenvalue weighted by molar-refractivity contribution is 5.62. The second-order valence-electron chi connectivity index (χ2n) is 4.52. The first kappa shape index (κ1) is 14.3. The highest BCUT2D eigenvalue weighted by Gasteiger charge is 2.10. The summed E-state index contributed by atoms with van der Waals surface area (Å²) < 4.78 is 5.19. The first-order valence-corrected chi connectivity index (χ1v) is 6.78. The zero-order chi connectivity index (χ0) is 14.4. The molecular weight excluding hydrogens is 250 g/mol. The van der Waals surface area contributed by atoms with Gasteiger partial charge >= 0.3 is 0 Å². The van der Waals surface area contributed by atoms with Crippen molar-refractivity contribution in [1.29, 1.82) is 0 Å². The van der Waals surface area contributed by atoms with Gasteiger partial charge in [-0.3, -0.25) is 0 Å². The van der Waals surface area contributed by atoms with E-state index in [-0.39, 0.29) is 0 Å². The molecule has 1 aromatic carbocycles. The molecule has 1 heterocycles. The van der Waals surface area contributed by atoms with Gasteiger partial charge in [-0.2, -0.15) is 0 Å². The van der Waals surface area contributed by atoms with Crippen molar-refractivity contribution >= 4 is 11.5 Å². The van der Waals surface area contributed by atoms with Gasteiger partial charge in [-0.25, -0.2) is 4.98 Å². The summed E-state index contributed by atoms with van der Waals surface area (Å²) in [6.45, 7) is 3.87. The molecule has 1 aromatic heterocycles. The lowest BCUT2D eigenvalue weighted by molar-refractivity contribution is 0.415. The molecule has 0 bridgehead atoms. The Bertz CT molecular complexity index is 540. The fraction of sp³-hybridized carbons (Fsp3) is 0.312. The van der Waals surface area contributed by atoms with E-state index in [0.29, 0.717) is 0 Å². The molecule has 0 fully saturated rings. The summed E-state index contributed by atoms with van der Waals surface area (Å²) in [4.78, 5) is 6.59. The van der Waals surface area contributed by atoms with E-state index in [4.69, 9.17) is 4.74 Å². The second-order valence-corrected chi connectivity index (χ2v) is 4.52. The topological polar surface area (TPSA) is 37.4 Å². The Morgan fingerprint density at radius 2 is 1.95 bits per heavy atom. The van der Waals surface area contributed by atoms with Gasteiger partial charge in [0.1, 0.15) is 11.6 Å². The van der Waals surface area contributed by atoms with Crippen LogP contribution in [0.3, 0.4) is 0 Å². The number of pyridine rings is 1. The quantitative estimate of drug-likeness (QED) is 0.876. The SMILES string of the molecule is CCNCc1cccnc1N(C)c1ccc(OC)cc1. The van der Waals surface area contributed by atoms with E-state index in [0.717, 1.165) is 30.3 Å². The highest BCUT2D eigenvalue weighted by atomic mass is 16.5. The zero-order valence-electron chi connectivity index (χ0n) is 12.3. The van der Waals surface area contributed by atoms with Crippen LogP contribution in [0.15, 0.2) is 42.6 Å². The second kappa shape index (κ2) is 6.91. The minimum absolute atomic E-state index is 0.820. The molecule has 4 nitrogen and oxygen atoms in total. The van der Waals surface area contributed by atoms with Crippen LogP contribution in [0.4, 0.5) is 11.5 Å². The molecule has 0 unspecified atom stereocenters. The smallest absolute Gasteiger partial charge is 0.137 e. The summed E-state index contributed by atoms with van der Waals surface area (Å²) >= 11 is 0. The van der Waals surface area contributed by atoms with Gasteiger partial charge in [0.25, 0.3) is 0 Å². The van der Waals surface area contributed by atoms with Gasteiger partial charge in [0.15, 0.2) is 0 Å². The van der Waals surface area contributed by atoms with E-state index >= 15 is 0 Å². The molecule has 2 rings (SSSR count). The molecule has 0 spiro atoms. The maximum Gasteiger partial charge on any atom is 0.137 e. The lowest BCUT2D eigenvalue weighted by Crippen LogP contribution is -2.18. The van der Waals surface area contributed by atoms with Crippen LogP contribution < -0.4 is 15.0 Å². The zero-order valence-corrected chi connectivity index (χ0v) is 12.3. The fourth-order valence-corrected chi connectivity index (χ4v) is 2.06. The first-order chi connectivity index (χ1) is 9.76. The molecule has 0 radical (unpaired) electrons.